The van der Waals surface area contributed by atoms with Gasteiger partial charge in [0.25, 0.3) is 0 Å². The van der Waals surface area contributed by atoms with E-state index in [0.29, 0.717) is 18.4 Å². The van der Waals surface area contributed by atoms with Crippen molar-refractivity contribution in [2.45, 2.75) is 139 Å². The van der Waals surface area contributed by atoms with Crippen molar-refractivity contribution in [3.8, 4) is 0 Å². The maximum absolute atomic E-state index is 14.6. The largest absolute Gasteiger partial charge is 0.382 e. The smallest absolute Gasteiger partial charge is 0.250 e. The van der Waals surface area contributed by atoms with E-state index in [1.54, 1.807) is 51.1 Å². The minimum atomic E-state index is -1.77. The number of nitrogens with zero attached hydrogens (tertiary/aromatic N) is 1. The van der Waals surface area contributed by atoms with Crippen LogP contribution in [0.25, 0.3) is 0 Å². The first-order valence-electron chi connectivity index (χ1n) is 24.3. The molecule has 0 aliphatic carbocycles. The maximum atomic E-state index is 14.6. The first-order valence-corrected chi connectivity index (χ1v) is 26.8. The number of hydrogen-bond donors (Lipinski definition) is 13. The number of primary amides is 3. The van der Waals surface area contributed by atoms with E-state index in [1.165, 1.54) is 0 Å². The van der Waals surface area contributed by atoms with E-state index in [2.05, 4.69) is 42.5 Å². The van der Waals surface area contributed by atoms with Crippen LogP contribution in [0.15, 0.2) is 30.3 Å². The second-order valence-corrected chi connectivity index (χ2v) is 20.5. The summed E-state index contributed by atoms with van der Waals surface area (Å²) in [5.74, 6) is -11.5. The Morgan fingerprint density at radius 2 is 1.39 bits per heavy atom. The van der Waals surface area contributed by atoms with Gasteiger partial charge in [0, 0.05) is 37.4 Å². The number of nitrogens with one attached hydrogen (secondary N) is 8. The zero-order valence-electron chi connectivity index (χ0n) is 41.7. The highest BCUT2D eigenvalue weighted by Crippen LogP contribution is 2.26. The van der Waals surface area contributed by atoms with Crippen LogP contribution in [-0.2, 0) is 64.0 Å². The molecular weight excluding hydrogens is 1010 g/mol. The van der Waals surface area contributed by atoms with Gasteiger partial charge in [-0.1, -0.05) is 79.1 Å². The van der Waals surface area contributed by atoms with Crippen molar-refractivity contribution in [2.75, 3.05) is 31.1 Å². The van der Waals surface area contributed by atoms with Crippen LogP contribution in [0, 0.1) is 5.92 Å². The molecule has 10 atom stereocenters. The summed E-state index contributed by atoms with van der Waals surface area (Å²) >= 11 is 0. The molecule has 12 amide bonds. The second-order valence-electron chi connectivity index (χ2n) is 17.9. The normalized spacial score (nSPS) is 23.7. The molecule has 74 heavy (non-hydrogen) atoms. The van der Waals surface area contributed by atoms with Gasteiger partial charge in [-0.3, -0.25) is 57.5 Å². The van der Waals surface area contributed by atoms with Gasteiger partial charge in [-0.05, 0) is 50.0 Å². The molecule has 1 aromatic carbocycles. The Labute approximate surface area is 436 Å². The number of carbonyl (C=O) groups excluding carboxylic acids is 12. The van der Waals surface area contributed by atoms with E-state index >= 15 is 0 Å². The monoisotopic (exact) mass is 1080 g/mol. The summed E-state index contributed by atoms with van der Waals surface area (Å²) in [6.45, 7) is 4.39. The summed E-state index contributed by atoms with van der Waals surface area (Å²) in [5, 5.41) is 31.3. The Kier molecular flexibility index (Phi) is 26.1. The standard InChI is InChI=1S/C46H71N13O13S2/c1-4-24(3)37-45(71)54-27(13-9-15-34(48)61)40(66)55-30(20-35(49)62)41(67)57-31(22-73-74-23-33(60)44(70)56-29(42(68)58-37)19-25-11-7-6-8-12-25)46(72)59-18-10-14-32(59)43(69)53-28(39(65)52-21-36(50)63)16-17-51-38(64)26(47)5-2/h6-8,11-12,24,26-33,37,60H,4-5,9-10,13-23,47H2,1-3H3,(H2,48,61)(H2,49,62)(H2,50,63)(H,51,64)(H,52,65)(H,53,69)(H,54,71)(H,55,66)(H,56,70)(H,57,67)(H,58,68)/t24-,26?,27-,28-,29-,30-,31-,32-,33-,37-/m0/s1. The van der Waals surface area contributed by atoms with Crippen LogP contribution in [0.3, 0.4) is 0 Å². The van der Waals surface area contributed by atoms with Crippen LogP contribution in [0.4, 0.5) is 0 Å². The summed E-state index contributed by atoms with van der Waals surface area (Å²) in [6.07, 6.45) is -2.20. The van der Waals surface area contributed by atoms with Gasteiger partial charge in [-0.2, -0.15) is 0 Å². The lowest BCUT2D eigenvalue weighted by molar-refractivity contribution is -0.142. The fourth-order valence-electron chi connectivity index (χ4n) is 7.72. The number of amides is 12. The Balaban J connectivity index is 2.04. The van der Waals surface area contributed by atoms with E-state index in [0.717, 1.165) is 26.5 Å². The highest BCUT2D eigenvalue weighted by atomic mass is 33.1. The fourth-order valence-corrected chi connectivity index (χ4v) is 9.93. The second kappa shape index (κ2) is 31.3. The van der Waals surface area contributed by atoms with Crippen molar-refractivity contribution in [3.63, 3.8) is 0 Å². The predicted molar refractivity (Wildman–Crippen MR) is 272 cm³/mol. The van der Waals surface area contributed by atoms with Crippen molar-refractivity contribution in [3.05, 3.63) is 35.9 Å². The van der Waals surface area contributed by atoms with E-state index in [-0.39, 0.29) is 69.5 Å². The molecule has 17 N–H and O–H groups in total. The molecule has 410 valence electrons. The van der Waals surface area contributed by atoms with Crippen molar-refractivity contribution in [1.82, 2.24) is 47.4 Å². The molecule has 0 radical (unpaired) electrons. The zero-order chi connectivity index (χ0) is 55.1. The first kappa shape index (κ1) is 61.8. The van der Waals surface area contributed by atoms with Gasteiger partial charge < -0.3 is 75.5 Å². The van der Waals surface area contributed by atoms with Gasteiger partial charge in [0.15, 0.2) is 0 Å². The third-order valence-electron chi connectivity index (χ3n) is 12.2. The number of hydrogen-bond acceptors (Lipinski definition) is 16. The molecule has 2 aliphatic rings. The molecule has 0 saturated carbocycles. The number of aliphatic hydroxyl groups is 1. The van der Waals surface area contributed by atoms with Crippen molar-refractivity contribution in [2.24, 2.45) is 28.9 Å². The maximum Gasteiger partial charge on any atom is 0.250 e. The van der Waals surface area contributed by atoms with Crippen molar-refractivity contribution in [1.29, 1.82) is 0 Å². The first-order chi connectivity index (χ1) is 35.1. The predicted octanol–water partition coefficient (Wildman–Crippen LogP) is -4.69. The Hall–Kier alpha value is -6.52. The topological polar surface area (TPSA) is 429 Å². The molecule has 0 bridgehead atoms. The average molecular weight is 1080 g/mol. The number of rotatable bonds is 21. The highest BCUT2D eigenvalue weighted by Gasteiger charge is 2.41. The molecule has 3 rings (SSSR count). The quantitative estimate of drug-likeness (QED) is 0.0515. The molecule has 0 spiro atoms. The summed E-state index contributed by atoms with van der Waals surface area (Å²) in [6, 6.07) is -2.23. The van der Waals surface area contributed by atoms with Crippen LogP contribution in [-0.4, -0.2) is 166 Å². The number of benzene rings is 1. The molecule has 1 aromatic rings. The lowest BCUT2D eigenvalue weighted by atomic mass is 9.96. The summed E-state index contributed by atoms with van der Waals surface area (Å²) in [4.78, 5) is 161. The third kappa shape index (κ3) is 20.4. The summed E-state index contributed by atoms with van der Waals surface area (Å²) < 4.78 is 0. The van der Waals surface area contributed by atoms with Crippen LogP contribution in [0.5, 0.6) is 0 Å². The molecule has 2 aliphatic heterocycles. The summed E-state index contributed by atoms with van der Waals surface area (Å²) in [7, 11) is 1.84. The van der Waals surface area contributed by atoms with Crippen LogP contribution < -0.4 is 65.5 Å². The lowest BCUT2D eigenvalue weighted by Crippen LogP contribution is -2.61. The van der Waals surface area contributed by atoms with Crippen LogP contribution in [0.1, 0.15) is 84.1 Å². The fraction of sp³-hybridized carbons (Fsp3) is 0.609. The van der Waals surface area contributed by atoms with Crippen molar-refractivity contribution >= 4 is 92.5 Å². The van der Waals surface area contributed by atoms with Gasteiger partial charge in [0.1, 0.15) is 48.4 Å². The molecular formula is C46H71N13O13S2. The van der Waals surface area contributed by atoms with Gasteiger partial charge >= 0.3 is 0 Å². The Morgan fingerprint density at radius 1 is 0.757 bits per heavy atom. The minimum absolute atomic E-state index is 0.0208. The van der Waals surface area contributed by atoms with Gasteiger partial charge in [-0.25, -0.2) is 0 Å². The number of nitrogens with two attached hydrogens (primary N) is 4. The average Bonchev–Trinajstić information content (AvgIpc) is 3.86. The summed E-state index contributed by atoms with van der Waals surface area (Å²) in [5.41, 5.74) is 22.5. The van der Waals surface area contributed by atoms with Crippen LogP contribution in [0.2, 0.25) is 0 Å². The number of aliphatic hydroxyl groups excluding tert-OH is 1. The van der Waals surface area contributed by atoms with Gasteiger partial charge in [-0.15, -0.1) is 0 Å². The van der Waals surface area contributed by atoms with Crippen LogP contribution >= 0.6 is 21.6 Å². The highest BCUT2D eigenvalue weighted by molar-refractivity contribution is 8.76. The van der Waals surface area contributed by atoms with Gasteiger partial charge in [0.2, 0.25) is 70.9 Å². The molecule has 2 heterocycles. The van der Waals surface area contributed by atoms with Crippen molar-refractivity contribution < 1.29 is 62.6 Å². The SMILES string of the molecule is CCC(N)C(=O)NCC[C@H](NC(=O)[C@@H]1CCCN1C(=O)[C@@H]1CSSC[C@H](O)C(=O)N[C@@H](Cc2ccccc2)C(=O)N[C@@H]([C@@H](C)CC)C(=O)N[C@@H](CCCC(N)=O)C(=O)N[C@@H](CC(N)=O)C(=O)N1)C(=O)NCC(N)=O. The number of carbonyl (C=O) groups is 12. The lowest BCUT2D eigenvalue weighted by Gasteiger charge is -2.31. The van der Waals surface area contributed by atoms with E-state index in [1.807, 2.05) is 0 Å². The van der Waals surface area contributed by atoms with E-state index < -0.39 is 144 Å². The van der Waals surface area contributed by atoms with E-state index in [9.17, 15) is 62.6 Å². The minimum Gasteiger partial charge on any atom is -0.382 e. The van der Waals surface area contributed by atoms with E-state index in [4.69, 9.17) is 22.9 Å². The molecule has 1 unspecified atom stereocenters. The molecule has 2 saturated heterocycles. The Bertz CT molecular complexity index is 2180. The molecule has 26 nitrogen and oxygen atoms in total. The molecule has 28 heteroatoms. The Morgan fingerprint density at radius 3 is 2.03 bits per heavy atom. The van der Waals surface area contributed by atoms with Gasteiger partial charge in [0.05, 0.1) is 19.0 Å². The molecule has 2 fully saturated rings. The molecule has 0 aromatic heterocycles. The number of likely N-dealkylation sites (tertiary alicyclic amines) is 1. The zero-order valence-corrected chi connectivity index (χ0v) is 43.3. The third-order valence-corrected chi connectivity index (χ3v) is 14.6.